The average molecular weight is 244 g/mol. The molecule has 0 heterocycles. The van der Waals surface area contributed by atoms with Crippen molar-refractivity contribution in [3.8, 4) is 0 Å². The molecular formula is C11H14ClNO3. The highest BCUT2D eigenvalue weighted by Crippen LogP contribution is 2.16. The average Bonchev–Trinajstić information content (AvgIpc) is 2.21. The number of hydrogen-bond donors (Lipinski definition) is 2. The predicted octanol–water partition coefficient (Wildman–Crippen LogP) is 1.85. The maximum Gasteiger partial charge on any atom is 0.407 e. The van der Waals surface area contributed by atoms with E-state index in [1.807, 2.05) is 18.2 Å². The molecule has 1 aromatic carbocycles. The molecule has 0 aliphatic rings. The first-order chi connectivity index (χ1) is 7.50. The van der Waals surface area contributed by atoms with Crippen molar-refractivity contribution in [1.82, 2.24) is 4.90 Å². The number of nitrogens with zero attached hydrogens (tertiary/aromatic N) is 1. The monoisotopic (exact) mass is 243 g/mol. The molecule has 0 saturated heterocycles. The van der Waals surface area contributed by atoms with E-state index in [1.54, 1.807) is 6.07 Å². The summed E-state index contributed by atoms with van der Waals surface area (Å²) in [5.41, 5.74) is 0.815. The molecule has 0 spiro atoms. The standard InChI is InChI=1S/C11H14ClNO3/c1-13(11(15)16)7-9(14)6-8-4-2-3-5-10(8)12/h2-5,9,14H,6-7H2,1H3,(H,15,16)/t9-/m1/s1. The van der Waals surface area contributed by atoms with E-state index in [0.29, 0.717) is 11.4 Å². The van der Waals surface area contributed by atoms with E-state index < -0.39 is 12.2 Å². The van der Waals surface area contributed by atoms with Gasteiger partial charge in [-0.2, -0.15) is 0 Å². The largest absolute Gasteiger partial charge is 0.465 e. The third kappa shape index (κ3) is 3.72. The lowest BCUT2D eigenvalue weighted by Crippen LogP contribution is -2.34. The smallest absolute Gasteiger partial charge is 0.407 e. The quantitative estimate of drug-likeness (QED) is 0.849. The molecule has 0 fully saturated rings. The predicted molar refractivity (Wildman–Crippen MR) is 61.8 cm³/mol. The van der Waals surface area contributed by atoms with Crippen LogP contribution in [0.25, 0.3) is 0 Å². The second-order valence-electron chi connectivity index (χ2n) is 3.61. The lowest BCUT2D eigenvalue weighted by Gasteiger charge is -2.18. The van der Waals surface area contributed by atoms with Crippen LogP contribution in [0.15, 0.2) is 24.3 Å². The van der Waals surface area contributed by atoms with Crippen LogP contribution in [0.4, 0.5) is 4.79 Å². The van der Waals surface area contributed by atoms with E-state index in [-0.39, 0.29) is 6.54 Å². The molecule has 5 heteroatoms. The number of aliphatic hydroxyl groups is 1. The number of carbonyl (C=O) groups is 1. The minimum absolute atomic E-state index is 0.0700. The molecule has 0 aliphatic carbocycles. The fourth-order valence-corrected chi connectivity index (χ4v) is 1.59. The lowest BCUT2D eigenvalue weighted by atomic mass is 10.1. The second-order valence-corrected chi connectivity index (χ2v) is 4.02. The van der Waals surface area contributed by atoms with Crippen molar-refractivity contribution >= 4 is 17.7 Å². The molecule has 1 rings (SSSR count). The molecule has 4 nitrogen and oxygen atoms in total. The van der Waals surface area contributed by atoms with Gasteiger partial charge in [0.15, 0.2) is 0 Å². The van der Waals surface area contributed by atoms with Crippen LogP contribution in [0.5, 0.6) is 0 Å². The van der Waals surface area contributed by atoms with Crippen LogP contribution in [-0.4, -0.2) is 40.9 Å². The number of hydrogen-bond acceptors (Lipinski definition) is 2. The molecule has 1 aromatic rings. The first-order valence-corrected chi connectivity index (χ1v) is 5.24. The molecule has 1 atom stereocenters. The van der Waals surface area contributed by atoms with E-state index in [0.717, 1.165) is 10.5 Å². The summed E-state index contributed by atoms with van der Waals surface area (Å²) in [6.45, 7) is 0.0700. The summed E-state index contributed by atoms with van der Waals surface area (Å²) in [5, 5.41) is 18.9. The summed E-state index contributed by atoms with van der Waals surface area (Å²) in [7, 11) is 1.41. The minimum Gasteiger partial charge on any atom is -0.465 e. The van der Waals surface area contributed by atoms with Crippen LogP contribution in [0.3, 0.4) is 0 Å². The summed E-state index contributed by atoms with van der Waals surface area (Å²) in [6.07, 6.45) is -1.46. The van der Waals surface area contributed by atoms with E-state index in [1.165, 1.54) is 7.05 Å². The van der Waals surface area contributed by atoms with Gasteiger partial charge >= 0.3 is 6.09 Å². The Morgan fingerprint density at radius 3 is 2.69 bits per heavy atom. The molecule has 0 unspecified atom stereocenters. The van der Waals surface area contributed by atoms with Crippen LogP contribution >= 0.6 is 11.6 Å². The van der Waals surface area contributed by atoms with Crippen LogP contribution in [-0.2, 0) is 6.42 Å². The van der Waals surface area contributed by atoms with Crippen molar-refractivity contribution in [3.05, 3.63) is 34.9 Å². The van der Waals surface area contributed by atoms with Gasteiger partial charge in [-0.15, -0.1) is 0 Å². The molecule has 0 aliphatic heterocycles. The molecular weight excluding hydrogens is 230 g/mol. The van der Waals surface area contributed by atoms with Gasteiger partial charge in [0.2, 0.25) is 0 Å². The summed E-state index contributed by atoms with van der Waals surface area (Å²) in [5.74, 6) is 0. The summed E-state index contributed by atoms with van der Waals surface area (Å²) >= 11 is 5.93. The van der Waals surface area contributed by atoms with Gasteiger partial charge in [-0.05, 0) is 11.6 Å². The number of benzene rings is 1. The molecule has 16 heavy (non-hydrogen) atoms. The number of carboxylic acid groups (broad SMARTS) is 1. The fourth-order valence-electron chi connectivity index (χ4n) is 1.38. The normalized spacial score (nSPS) is 12.2. The third-order valence-electron chi connectivity index (χ3n) is 2.22. The van der Waals surface area contributed by atoms with Crippen molar-refractivity contribution in [2.45, 2.75) is 12.5 Å². The zero-order valence-electron chi connectivity index (χ0n) is 8.93. The highest BCUT2D eigenvalue weighted by Gasteiger charge is 2.13. The van der Waals surface area contributed by atoms with Gasteiger partial charge in [-0.25, -0.2) is 4.79 Å². The van der Waals surface area contributed by atoms with E-state index >= 15 is 0 Å². The van der Waals surface area contributed by atoms with Crippen molar-refractivity contribution < 1.29 is 15.0 Å². The molecule has 0 aromatic heterocycles. The second kappa shape index (κ2) is 5.72. The van der Waals surface area contributed by atoms with Crippen LogP contribution < -0.4 is 0 Å². The fraction of sp³-hybridized carbons (Fsp3) is 0.364. The Hall–Kier alpha value is -1.26. The Bertz CT molecular complexity index is 370. The number of amides is 1. The van der Waals surface area contributed by atoms with Crippen molar-refractivity contribution in [2.75, 3.05) is 13.6 Å². The zero-order chi connectivity index (χ0) is 12.1. The van der Waals surface area contributed by atoms with Crippen LogP contribution in [0, 0.1) is 0 Å². The van der Waals surface area contributed by atoms with Crippen molar-refractivity contribution in [3.63, 3.8) is 0 Å². The van der Waals surface area contributed by atoms with Gasteiger partial charge < -0.3 is 15.1 Å². The van der Waals surface area contributed by atoms with E-state index in [2.05, 4.69) is 0 Å². The molecule has 0 radical (unpaired) electrons. The van der Waals surface area contributed by atoms with Crippen LogP contribution in [0.1, 0.15) is 5.56 Å². The topological polar surface area (TPSA) is 60.8 Å². The molecule has 0 saturated carbocycles. The first kappa shape index (κ1) is 12.8. The number of rotatable bonds is 4. The summed E-state index contributed by atoms with van der Waals surface area (Å²) < 4.78 is 0. The number of halogens is 1. The van der Waals surface area contributed by atoms with Crippen molar-refractivity contribution in [2.24, 2.45) is 0 Å². The number of likely N-dealkylation sites (N-methyl/N-ethyl adjacent to an activating group) is 1. The maximum absolute atomic E-state index is 10.5. The number of aliphatic hydroxyl groups excluding tert-OH is 1. The van der Waals surface area contributed by atoms with Gasteiger partial charge in [0.25, 0.3) is 0 Å². The van der Waals surface area contributed by atoms with Crippen molar-refractivity contribution in [1.29, 1.82) is 0 Å². The first-order valence-electron chi connectivity index (χ1n) is 4.86. The molecule has 0 bridgehead atoms. The van der Waals surface area contributed by atoms with Gasteiger partial charge in [0.05, 0.1) is 6.10 Å². The summed E-state index contributed by atoms with van der Waals surface area (Å²) in [6, 6.07) is 7.19. The molecule has 1 amide bonds. The van der Waals surface area contributed by atoms with Gasteiger partial charge in [0, 0.05) is 25.0 Å². The molecule has 88 valence electrons. The van der Waals surface area contributed by atoms with Gasteiger partial charge in [-0.1, -0.05) is 29.8 Å². The van der Waals surface area contributed by atoms with Crippen LogP contribution in [0.2, 0.25) is 5.02 Å². The van der Waals surface area contributed by atoms with Gasteiger partial charge in [-0.3, -0.25) is 0 Å². The highest BCUT2D eigenvalue weighted by molar-refractivity contribution is 6.31. The Morgan fingerprint density at radius 1 is 1.50 bits per heavy atom. The van der Waals surface area contributed by atoms with E-state index in [4.69, 9.17) is 16.7 Å². The Kier molecular flexibility index (Phi) is 4.58. The molecule has 2 N–H and O–H groups in total. The lowest BCUT2D eigenvalue weighted by molar-refractivity contribution is 0.108. The SMILES string of the molecule is CN(C[C@H](O)Cc1ccccc1Cl)C(=O)O. The van der Waals surface area contributed by atoms with Gasteiger partial charge in [0.1, 0.15) is 0 Å². The highest BCUT2D eigenvalue weighted by atomic mass is 35.5. The zero-order valence-corrected chi connectivity index (χ0v) is 9.68. The Labute approximate surface area is 99.1 Å². The minimum atomic E-state index is -1.06. The third-order valence-corrected chi connectivity index (χ3v) is 2.59. The Balaban J connectivity index is 2.55. The summed E-state index contributed by atoms with van der Waals surface area (Å²) in [4.78, 5) is 11.6. The maximum atomic E-state index is 10.5. The Morgan fingerprint density at radius 2 is 2.12 bits per heavy atom. The van der Waals surface area contributed by atoms with E-state index in [9.17, 15) is 9.90 Å².